The van der Waals surface area contributed by atoms with Crippen LogP contribution >= 0.6 is 0 Å². The Bertz CT molecular complexity index is 853. The van der Waals surface area contributed by atoms with E-state index in [1.165, 1.54) is 12.1 Å². The van der Waals surface area contributed by atoms with Crippen molar-refractivity contribution in [1.29, 1.82) is 5.26 Å². The molecule has 2 aromatic carbocycles. The van der Waals surface area contributed by atoms with Crippen molar-refractivity contribution in [2.45, 2.75) is 23.0 Å². The van der Waals surface area contributed by atoms with E-state index in [9.17, 15) is 18.8 Å². The van der Waals surface area contributed by atoms with Crippen molar-refractivity contribution in [1.82, 2.24) is 0 Å². The molecule has 5 heteroatoms. The summed E-state index contributed by atoms with van der Waals surface area (Å²) in [7, 11) is -3.69. The number of aliphatic hydroxyl groups excluding tert-OH is 1. The van der Waals surface area contributed by atoms with Gasteiger partial charge in [0.1, 0.15) is 5.41 Å². The fraction of sp³-hybridized carbons (Fsp3) is 0.278. The summed E-state index contributed by atoms with van der Waals surface area (Å²) in [5.74, 6) is -0.511. The highest BCUT2D eigenvalue weighted by molar-refractivity contribution is 7.92. The Hall–Kier alpha value is -2.16. The molecule has 1 aliphatic carbocycles. The fourth-order valence-corrected chi connectivity index (χ4v) is 5.56. The first-order chi connectivity index (χ1) is 11.0. The van der Waals surface area contributed by atoms with E-state index >= 15 is 0 Å². The number of aliphatic hydroxyl groups is 1. The van der Waals surface area contributed by atoms with E-state index in [1.807, 2.05) is 31.2 Å². The quantitative estimate of drug-likeness (QED) is 0.935. The third kappa shape index (κ3) is 2.35. The number of nitriles is 1. The van der Waals surface area contributed by atoms with E-state index < -0.39 is 33.0 Å². The normalized spacial score (nSPS) is 26.5. The lowest BCUT2D eigenvalue weighted by molar-refractivity contribution is 0.242. The van der Waals surface area contributed by atoms with Crippen molar-refractivity contribution in [2.75, 3.05) is 6.61 Å². The Balaban J connectivity index is 2.07. The van der Waals surface area contributed by atoms with Crippen molar-refractivity contribution in [3.05, 3.63) is 65.7 Å². The van der Waals surface area contributed by atoms with Gasteiger partial charge in [0.2, 0.25) is 0 Å². The molecule has 1 fully saturated rings. The van der Waals surface area contributed by atoms with E-state index in [2.05, 4.69) is 6.07 Å². The number of nitrogens with zero attached hydrogens (tertiary/aromatic N) is 1. The van der Waals surface area contributed by atoms with Crippen LogP contribution in [-0.2, 0) is 9.84 Å². The molecule has 0 saturated heterocycles. The van der Waals surface area contributed by atoms with Crippen LogP contribution in [0.5, 0.6) is 0 Å². The van der Waals surface area contributed by atoms with Gasteiger partial charge >= 0.3 is 0 Å². The molecule has 0 aromatic heterocycles. The van der Waals surface area contributed by atoms with Gasteiger partial charge in [0.15, 0.2) is 9.84 Å². The monoisotopic (exact) mass is 327 g/mol. The average Bonchev–Trinajstić information content (AvgIpc) is 3.27. The smallest absolute Gasteiger partial charge is 0.183 e. The lowest BCUT2D eigenvalue weighted by atomic mass is 10.0. The van der Waals surface area contributed by atoms with Crippen LogP contribution in [0.4, 0.5) is 0 Å². The third-order valence-corrected chi connectivity index (χ3v) is 6.86. The molecule has 118 valence electrons. The summed E-state index contributed by atoms with van der Waals surface area (Å²) in [6.45, 7) is 1.47. The number of rotatable bonds is 4. The van der Waals surface area contributed by atoms with Crippen LogP contribution in [0.2, 0.25) is 0 Å². The largest absolute Gasteiger partial charge is 0.395 e. The summed E-state index contributed by atoms with van der Waals surface area (Å²) < 4.78 is 25.8. The molecule has 23 heavy (non-hydrogen) atoms. The average molecular weight is 327 g/mol. The molecule has 4 nitrogen and oxygen atoms in total. The van der Waals surface area contributed by atoms with Crippen LogP contribution < -0.4 is 0 Å². The minimum absolute atomic E-state index is 0.188. The maximum atomic E-state index is 12.9. The summed E-state index contributed by atoms with van der Waals surface area (Å²) >= 11 is 0. The molecule has 3 rings (SSSR count). The van der Waals surface area contributed by atoms with Crippen molar-refractivity contribution < 1.29 is 13.5 Å². The third-order valence-electron chi connectivity index (χ3n) is 4.57. The second-order valence-corrected chi connectivity index (χ2v) is 8.05. The Morgan fingerprint density at radius 1 is 1.13 bits per heavy atom. The van der Waals surface area contributed by atoms with Crippen LogP contribution in [0.25, 0.3) is 0 Å². The van der Waals surface area contributed by atoms with Crippen molar-refractivity contribution >= 4 is 9.84 Å². The van der Waals surface area contributed by atoms with E-state index in [4.69, 9.17) is 0 Å². The molecule has 0 spiro atoms. The molecular weight excluding hydrogens is 310 g/mol. The minimum Gasteiger partial charge on any atom is -0.395 e. The number of benzene rings is 2. The zero-order chi connectivity index (χ0) is 16.7. The Labute approximate surface area is 135 Å². The molecule has 3 atom stereocenters. The lowest BCUT2D eigenvalue weighted by Gasteiger charge is -2.05. The fourth-order valence-electron chi connectivity index (χ4n) is 3.22. The Kier molecular flexibility index (Phi) is 3.75. The van der Waals surface area contributed by atoms with Gasteiger partial charge in [0, 0.05) is 5.92 Å². The summed E-state index contributed by atoms with van der Waals surface area (Å²) in [6, 6.07) is 17.6. The molecule has 0 aliphatic heterocycles. The molecular formula is C18H17NO3S. The van der Waals surface area contributed by atoms with Gasteiger partial charge in [-0.2, -0.15) is 5.26 Å². The Morgan fingerprint density at radius 3 is 2.26 bits per heavy atom. The summed E-state index contributed by atoms with van der Waals surface area (Å²) in [6.07, 6.45) is 0. The van der Waals surface area contributed by atoms with E-state index in [1.54, 1.807) is 18.2 Å². The van der Waals surface area contributed by atoms with Gasteiger partial charge in [-0.25, -0.2) is 8.42 Å². The molecule has 1 N–H and O–H groups in total. The number of sulfone groups is 1. The van der Waals surface area contributed by atoms with Crippen molar-refractivity contribution in [3.63, 3.8) is 0 Å². The van der Waals surface area contributed by atoms with Gasteiger partial charge in [-0.1, -0.05) is 48.0 Å². The molecule has 0 radical (unpaired) electrons. The highest BCUT2D eigenvalue weighted by atomic mass is 32.2. The van der Waals surface area contributed by atoms with Gasteiger partial charge < -0.3 is 5.11 Å². The Morgan fingerprint density at radius 2 is 1.74 bits per heavy atom. The molecule has 0 amide bonds. The van der Waals surface area contributed by atoms with Gasteiger partial charge in [0.05, 0.1) is 22.8 Å². The second kappa shape index (κ2) is 5.48. The van der Waals surface area contributed by atoms with Gasteiger partial charge in [-0.3, -0.25) is 0 Å². The predicted octanol–water partition coefficient (Wildman–Crippen LogP) is 2.44. The predicted molar refractivity (Wildman–Crippen MR) is 86.5 cm³/mol. The summed E-state index contributed by atoms with van der Waals surface area (Å²) in [5.41, 5.74) is 0.559. The van der Waals surface area contributed by atoms with Crippen LogP contribution in [0, 0.1) is 23.7 Å². The van der Waals surface area contributed by atoms with Gasteiger partial charge in [-0.15, -0.1) is 0 Å². The maximum absolute atomic E-state index is 12.9. The second-order valence-electron chi connectivity index (χ2n) is 5.98. The van der Waals surface area contributed by atoms with Gasteiger partial charge in [0.25, 0.3) is 0 Å². The SMILES string of the molecule is Cc1ccc([C@@H]2[C@H](S(=O)(=O)c3ccccc3)[C@@]2(C#N)CO)cc1. The standard InChI is InChI=1S/C18H17NO3S/c1-13-7-9-14(10-8-13)16-17(18(16,11-19)12-20)23(21,22)15-5-3-2-4-6-15/h2-10,16-17,20H,12H2,1H3/t16-,17+,18+/m1/s1. The molecule has 1 saturated carbocycles. The highest BCUT2D eigenvalue weighted by Crippen LogP contribution is 2.63. The van der Waals surface area contributed by atoms with Crippen LogP contribution in [0.15, 0.2) is 59.5 Å². The van der Waals surface area contributed by atoms with Gasteiger partial charge in [-0.05, 0) is 24.6 Å². The lowest BCUT2D eigenvalue weighted by Crippen LogP contribution is -2.18. The first-order valence-corrected chi connectivity index (χ1v) is 8.89. The van der Waals surface area contributed by atoms with Crippen LogP contribution in [0.3, 0.4) is 0 Å². The first-order valence-electron chi connectivity index (χ1n) is 7.35. The molecule has 2 aromatic rings. The van der Waals surface area contributed by atoms with E-state index in [-0.39, 0.29) is 4.90 Å². The van der Waals surface area contributed by atoms with Crippen LogP contribution in [0.1, 0.15) is 17.0 Å². The minimum atomic E-state index is -3.69. The van der Waals surface area contributed by atoms with Crippen molar-refractivity contribution in [3.8, 4) is 6.07 Å². The number of aryl methyl sites for hydroxylation is 1. The number of hydrogen-bond acceptors (Lipinski definition) is 4. The molecule has 0 heterocycles. The highest BCUT2D eigenvalue weighted by Gasteiger charge is 2.72. The molecule has 1 aliphatic rings. The maximum Gasteiger partial charge on any atom is 0.183 e. The topological polar surface area (TPSA) is 78.2 Å². The van der Waals surface area contributed by atoms with Crippen LogP contribution in [-0.4, -0.2) is 25.4 Å². The molecule has 0 unspecified atom stereocenters. The number of hydrogen-bond donors (Lipinski definition) is 1. The summed E-state index contributed by atoms with van der Waals surface area (Å²) in [5, 5.41) is 18.4. The van der Waals surface area contributed by atoms with Crippen molar-refractivity contribution in [2.24, 2.45) is 5.41 Å². The van der Waals surface area contributed by atoms with E-state index in [0.29, 0.717) is 0 Å². The molecule has 0 bridgehead atoms. The van der Waals surface area contributed by atoms with E-state index in [0.717, 1.165) is 11.1 Å². The first kappa shape index (κ1) is 15.7. The summed E-state index contributed by atoms with van der Waals surface area (Å²) in [4.78, 5) is 0.188. The zero-order valence-corrected chi connectivity index (χ0v) is 13.5. The zero-order valence-electron chi connectivity index (χ0n) is 12.7.